The SMILES string of the molecule is CC1C=Cc2c(N)c(/N=C(\F)Cl)c3ccccc3c2C1. The number of halogens is 2. The van der Waals surface area contributed by atoms with E-state index in [1.54, 1.807) is 0 Å². The van der Waals surface area contributed by atoms with Crippen LogP contribution < -0.4 is 5.73 Å². The molecular weight excluding hydrogens is 275 g/mol. The van der Waals surface area contributed by atoms with Crippen molar-refractivity contribution in [2.75, 3.05) is 5.73 Å². The number of nitrogen functional groups attached to an aromatic ring is 1. The Morgan fingerprint density at radius 2 is 2.05 bits per heavy atom. The second-order valence-electron chi connectivity index (χ2n) is 5.09. The van der Waals surface area contributed by atoms with E-state index in [0.29, 0.717) is 17.3 Å². The molecule has 0 heterocycles. The van der Waals surface area contributed by atoms with Crippen LogP contribution in [0.2, 0.25) is 0 Å². The maximum Gasteiger partial charge on any atom is 0.282 e. The highest BCUT2D eigenvalue weighted by Gasteiger charge is 2.19. The lowest BCUT2D eigenvalue weighted by Crippen LogP contribution is -2.07. The predicted octanol–water partition coefficient (Wildman–Crippen LogP) is 4.82. The lowest BCUT2D eigenvalue weighted by Gasteiger charge is -2.21. The van der Waals surface area contributed by atoms with Gasteiger partial charge in [-0.05, 0) is 34.9 Å². The molecular formula is C16H14ClFN2. The van der Waals surface area contributed by atoms with Gasteiger partial charge >= 0.3 is 0 Å². The van der Waals surface area contributed by atoms with Gasteiger partial charge in [0.25, 0.3) is 5.42 Å². The van der Waals surface area contributed by atoms with Gasteiger partial charge in [0.05, 0.1) is 11.4 Å². The zero-order chi connectivity index (χ0) is 14.3. The summed E-state index contributed by atoms with van der Waals surface area (Å²) in [6.45, 7) is 2.16. The van der Waals surface area contributed by atoms with Crippen molar-refractivity contribution in [1.29, 1.82) is 0 Å². The Balaban J connectivity index is 2.43. The Hall–Kier alpha value is -1.87. The van der Waals surface area contributed by atoms with Gasteiger partial charge in [-0.3, -0.25) is 0 Å². The first-order valence-electron chi connectivity index (χ1n) is 6.49. The first-order chi connectivity index (χ1) is 9.58. The first kappa shape index (κ1) is 13.1. The number of benzene rings is 2. The molecule has 0 radical (unpaired) electrons. The Labute approximate surface area is 121 Å². The molecule has 4 heteroatoms. The Morgan fingerprint density at radius 1 is 1.35 bits per heavy atom. The Kier molecular flexibility index (Phi) is 3.22. The molecule has 0 saturated carbocycles. The summed E-state index contributed by atoms with van der Waals surface area (Å²) in [7, 11) is 0. The number of hydrogen-bond donors (Lipinski definition) is 1. The van der Waals surface area contributed by atoms with E-state index in [9.17, 15) is 4.39 Å². The molecule has 0 spiro atoms. The van der Waals surface area contributed by atoms with Crippen LogP contribution in [0.25, 0.3) is 16.8 Å². The van der Waals surface area contributed by atoms with Gasteiger partial charge in [-0.15, -0.1) is 0 Å². The van der Waals surface area contributed by atoms with Gasteiger partial charge in [-0.1, -0.05) is 43.3 Å². The minimum absolute atomic E-state index is 0.408. The van der Waals surface area contributed by atoms with Gasteiger partial charge in [-0.2, -0.15) is 4.39 Å². The third-order valence-electron chi connectivity index (χ3n) is 3.69. The molecule has 2 aromatic rings. The minimum Gasteiger partial charge on any atom is -0.396 e. The topological polar surface area (TPSA) is 38.4 Å². The third-order valence-corrected chi connectivity index (χ3v) is 3.78. The Morgan fingerprint density at radius 3 is 2.75 bits per heavy atom. The first-order valence-corrected chi connectivity index (χ1v) is 6.86. The summed E-state index contributed by atoms with van der Waals surface area (Å²) in [6, 6.07) is 7.77. The van der Waals surface area contributed by atoms with Crippen molar-refractivity contribution in [3.05, 3.63) is 41.5 Å². The molecule has 0 amide bonds. The van der Waals surface area contributed by atoms with E-state index in [4.69, 9.17) is 17.3 Å². The van der Waals surface area contributed by atoms with Gasteiger partial charge in [0.15, 0.2) is 0 Å². The summed E-state index contributed by atoms with van der Waals surface area (Å²) in [5.74, 6) is 0.462. The highest BCUT2D eigenvalue weighted by molar-refractivity contribution is 6.62. The summed E-state index contributed by atoms with van der Waals surface area (Å²) in [5.41, 5.74) is 8.19. The van der Waals surface area contributed by atoms with Crippen LogP contribution >= 0.6 is 11.6 Å². The molecule has 20 heavy (non-hydrogen) atoms. The molecule has 0 saturated heterocycles. The summed E-state index contributed by atoms with van der Waals surface area (Å²) in [6.07, 6.45) is 5.03. The molecule has 2 aromatic carbocycles. The van der Waals surface area contributed by atoms with E-state index in [2.05, 4.69) is 18.0 Å². The number of aliphatic imine (C=N–C) groups is 1. The number of nitrogens with zero attached hydrogens (tertiary/aromatic N) is 1. The van der Waals surface area contributed by atoms with Crippen molar-refractivity contribution in [2.24, 2.45) is 10.9 Å². The van der Waals surface area contributed by atoms with Gasteiger partial charge in [0, 0.05) is 10.9 Å². The molecule has 0 aromatic heterocycles. The van der Waals surface area contributed by atoms with E-state index < -0.39 is 5.42 Å². The monoisotopic (exact) mass is 288 g/mol. The molecule has 0 bridgehead atoms. The standard InChI is InChI=1S/C16H14ClFN2/c1-9-6-7-11-13(8-9)10-4-2-3-5-12(10)15(14(11)19)20-16(17)18/h2-7,9H,8,19H2,1H3/b20-16-. The van der Waals surface area contributed by atoms with Crippen molar-refractivity contribution in [1.82, 2.24) is 0 Å². The van der Waals surface area contributed by atoms with Crippen molar-refractivity contribution >= 4 is 45.2 Å². The highest BCUT2D eigenvalue weighted by atomic mass is 35.5. The lowest BCUT2D eigenvalue weighted by molar-refractivity contribution is 0.722. The van der Waals surface area contributed by atoms with Gasteiger partial charge in [-0.25, -0.2) is 4.99 Å². The van der Waals surface area contributed by atoms with E-state index >= 15 is 0 Å². The van der Waals surface area contributed by atoms with Gasteiger partial charge < -0.3 is 5.73 Å². The zero-order valence-electron chi connectivity index (χ0n) is 11.0. The van der Waals surface area contributed by atoms with Crippen molar-refractivity contribution in [3.8, 4) is 0 Å². The summed E-state index contributed by atoms with van der Waals surface area (Å²) < 4.78 is 13.0. The van der Waals surface area contributed by atoms with Crippen LogP contribution in [0.1, 0.15) is 18.1 Å². The smallest absolute Gasteiger partial charge is 0.282 e. The molecule has 0 fully saturated rings. The number of anilines is 1. The van der Waals surface area contributed by atoms with Crippen molar-refractivity contribution in [2.45, 2.75) is 13.3 Å². The van der Waals surface area contributed by atoms with Gasteiger partial charge in [0.1, 0.15) is 0 Å². The number of nitrogens with two attached hydrogens (primary N) is 1. The van der Waals surface area contributed by atoms with Gasteiger partial charge in [0.2, 0.25) is 0 Å². The van der Waals surface area contributed by atoms with E-state index in [0.717, 1.165) is 22.8 Å². The summed E-state index contributed by atoms with van der Waals surface area (Å²) in [5, 5.41) is 1.90. The third kappa shape index (κ3) is 2.08. The fraction of sp³-hybridized carbons (Fsp3) is 0.188. The van der Waals surface area contributed by atoms with E-state index in [-0.39, 0.29) is 0 Å². The number of hydrogen-bond acceptors (Lipinski definition) is 2. The second kappa shape index (κ2) is 4.91. The quantitative estimate of drug-likeness (QED) is 0.593. The molecule has 1 aliphatic carbocycles. The maximum atomic E-state index is 13.0. The average molecular weight is 289 g/mol. The number of rotatable bonds is 1. The van der Waals surface area contributed by atoms with Crippen LogP contribution in [0, 0.1) is 5.92 Å². The van der Waals surface area contributed by atoms with E-state index in [1.807, 2.05) is 30.3 Å². The fourth-order valence-electron chi connectivity index (χ4n) is 2.80. The number of fused-ring (bicyclic) bond motifs is 3. The van der Waals surface area contributed by atoms with Crippen LogP contribution in [0.5, 0.6) is 0 Å². The summed E-state index contributed by atoms with van der Waals surface area (Å²) >= 11 is 5.30. The lowest BCUT2D eigenvalue weighted by atomic mass is 9.85. The Bertz CT molecular complexity index is 746. The zero-order valence-corrected chi connectivity index (χ0v) is 11.8. The largest absolute Gasteiger partial charge is 0.396 e. The van der Waals surface area contributed by atoms with Crippen LogP contribution in [0.15, 0.2) is 35.3 Å². The van der Waals surface area contributed by atoms with Crippen LogP contribution in [0.4, 0.5) is 15.8 Å². The normalized spacial score (nSPS) is 18.4. The van der Waals surface area contributed by atoms with Crippen LogP contribution in [0.3, 0.4) is 0 Å². The maximum absolute atomic E-state index is 13.0. The summed E-state index contributed by atoms with van der Waals surface area (Å²) in [4.78, 5) is 3.77. The van der Waals surface area contributed by atoms with Crippen molar-refractivity contribution in [3.63, 3.8) is 0 Å². The molecule has 1 atom stereocenters. The molecule has 0 aliphatic heterocycles. The molecule has 3 rings (SSSR count). The predicted molar refractivity (Wildman–Crippen MR) is 84.3 cm³/mol. The fourth-order valence-corrected chi connectivity index (χ4v) is 2.88. The molecule has 102 valence electrons. The molecule has 1 aliphatic rings. The molecule has 1 unspecified atom stereocenters. The van der Waals surface area contributed by atoms with Crippen LogP contribution in [-0.4, -0.2) is 5.42 Å². The molecule has 2 nitrogen and oxygen atoms in total. The second-order valence-corrected chi connectivity index (χ2v) is 5.40. The minimum atomic E-state index is -1.00. The highest BCUT2D eigenvalue weighted by Crippen LogP contribution is 2.42. The van der Waals surface area contributed by atoms with E-state index in [1.165, 1.54) is 5.56 Å². The molecule has 2 N–H and O–H groups in total. The average Bonchev–Trinajstić information content (AvgIpc) is 2.43. The van der Waals surface area contributed by atoms with Crippen molar-refractivity contribution < 1.29 is 4.39 Å². The number of allylic oxidation sites excluding steroid dienone is 1. The van der Waals surface area contributed by atoms with Crippen LogP contribution in [-0.2, 0) is 6.42 Å².